The molecular weight excluding hydrogens is 217 g/mol. The number of hydrogen-bond acceptors (Lipinski definition) is 3. The zero-order valence-electron chi connectivity index (χ0n) is 10.6. The first-order chi connectivity index (χ1) is 8.17. The zero-order valence-corrected chi connectivity index (χ0v) is 10.6. The van der Waals surface area contributed by atoms with Gasteiger partial charge in [0.15, 0.2) is 0 Å². The molecule has 0 heterocycles. The molecule has 1 aromatic carbocycles. The minimum Gasteiger partial charge on any atom is -0.497 e. The van der Waals surface area contributed by atoms with Crippen LogP contribution in [-0.2, 0) is 11.2 Å². The van der Waals surface area contributed by atoms with Crippen molar-refractivity contribution in [3.8, 4) is 5.75 Å². The normalized spacial score (nSPS) is 9.76. The van der Waals surface area contributed by atoms with E-state index in [0.717, 1.165) is 17.6 Å². The maximum atomic E-state index is 11.0. The summed E-state index contributed by atoms with van der Waals surface area (Å²) in [5.41, 5.74) is 2.27. The minimum absolute atomic E-state index is 0.363. The molecule has 4 nitrogen and oxygen atoms in total. The van der Waals surface area contributed by atoms with E-state index in [4.69, 9.17) is 9.47 Å². The van der Waals surface area contributed by atoms with E-state index in [1.54, 1.807) is 14.0 Å². The molecule has 0 atom stereocenters. The Bertz CT molecular complexity index is 382. The van der Waals surface area contributed by atoms with Crippen molar-refractivity contribution in [2.24, 2.45) is 0 Å². The molecule has 0 fully saturated rings. The van der Waals surface area contributed by atoms with Crippen LogP contribution in [0.5, 0.6) is 5.75 Å². The van der Waals surface area contributed by atoms with Crippen LogP contribution in [0.1, 0.15) is 12.5 Å². The third kappa shape index (κ3) is 4.38. The standard InChI is InChI=1S/C12H18BNO3/c1-3-17-12(15)14-7-6-9-4-5-11(16-2)10(13)8-9/h4-5,8H,3,6-7,13H2,1-2H3,(H,14,15). The van der Waals surface area contributed by atoms with E-state index in [1.807, 2.05) is 20.0 Å². The second-order valence-electron chi connectivity index (χ2n) is 3.70. The van der Waals surface area contributed by atoms with Crippen molar-refractivity contribution in [2.75, 3.05) is 20.3 Å². The Morgan fingerprint density at radius 3 is 2.82 bits per heavy atom. The minimum atomic E-state index is -0.363. The molecule has 0 saturated heterocycles. The van der Waals surface area contributed by atoms with Crippen LogP contribution in [0.3, 0.4) is 0 Å². The van der Waals surface area contributed by atoms with Gasteiger partial charge in [-0.3, -0.25) is 0 Å². The lowest BCUT2D eigenvalue weighted by atomic mass is 9.92. The molecule has 1 rings (SSSR count). The number of alkyl carbamates (subject to hydrolysis) is 1. The summed E-state index contributed by atoms with van der Waals surface area (Å²) in [6, 6.07) is 6.00. The van der Waals surface area contributed by atoms with Crippen molar-refractivity contribution in [3.05, 3.63) is 23.8 Å². The van der Waals surface area contributed by atoms with E-state index >= 15 is 0 Å². The lowest BCUT2D eigenvalue weighted by Gasteiger charge is -2.08. The van der Waals surface area contributed by atoms with Gasteiger partial charge >= 0.3 is 6.09 Å². The predicted octanol–water partition coefficient (Wildman–Crippen LogP) is 0.242. The number of benzene rings is 1. The Kier molecular flexibility index (Phi) is 5.40. The fraction of sp³-hybridized carbons (Fsp3) is 0.417. The van der Waals surface area contributed by atoms with Crippen LogP contribution >= 0.6 is 0 Å². The number of amides is 1. The molecule has 1 amide bonds. The first-order valence-corrected chi connectivity index (χ1v) is 5.71. The molecular formula is C12H18BNO3. The molecule has 0 aliphatic heterocycles. The van der Waals surface area contributed by atoms with E-state index in [2.05, 4.69) is 11.4 Å². The van der Waals surface area contributed by atoms with Crippen molar-refractivity contribution in [1.29, 1.82) is 0 Å². The van der Waals surface area contributed by atoms with Crippen LogP contribution in [0.15, 0.2) is 18.2 Å². The topological polar surface area (TPSA) is 47.6 Å². The molecule has 92 valence electrons. The van der Waals surface area contributed by atoms with Crippen molar-refractivity contribution in [2.45, 2.75) is 13.3 Å². The third-order valence-corrected chi connectivity index (χ3v) is 2.42. The van der Waals surface area contributed by atoms with Gasteiger partial charge in [-0.2, -0.15) is 0 Å². The summed E-state index contributed by atoms with van der Waals surface area (Å²) in [5.74, 6) is 0.882. The number of nitrogens with one attached hydrogen (secondary N) is 1. The average molecular weight is 235 g/mol. The maximum Gasteiger partial charge on any atom is 0.407 e. The molecule has 0 saturated carbocycles. The number of carbonyl (C=O) groups is 1. The molecule has 0 aliphatic rings. The van der Waals surface area contributed by atoms with Crippen LogP contribution in [0.25, 0.3) is 0 Å². The van der Waals surface area contributed by atoms with E-state index in [1.165, 1.54) is 5.56 Å². The lowest BCUT2D eigenvalue weighted by Crippen LogP contribution is -2.26. The van der Waals surface area contributed by atoms with Crippen LogP contribution in [0.4, 0.5) is 4.79 Å². The highest BCUT2D eigenvalue weighted by atomic mass is 16.5. The summed E-state index contributed by atoms with van der Waals surface area (Å²) in [4.78, 5) is 11.0. The van der Waals surface area contributed by atoms with E-state index in [9.17, 15) is 4.79 Å². The second kappa shape index (κ2) is 6.83. The van der Waals surface area contributed by atoms with Gasteiger partial charge in [-0.15, -0.1) is 0 Å². The molecule has 0 spiro atoms. The SMILES string of the molecule is Bc1cc(CCNC(=O)OCC)ccc1OC. The van der Waals surface area contributed by atoms with Gasteiger partial charge < -0.3 is 14.8 Å². The van der Waals surface area contributed by atoms with Crippen molar-refractivity contribution in [1.82, 2.24) is 5.32 Å². The molecule has 0 radical (unpaired) electrons. The predicted molar refractivity (Wildman–Crippen MR) is 69.9 cm³/mol. The number of rotatable bonds is 5. The molecule has 1 aromatic rings. The quantitative estimate of drug-likeness (QED) is 0.744. The number of carbonyl (C=O) groups excluding carboxylic acids is 1. The summed E-state index contributed by atoms with van der Waals surface area (Å²) in [6.45, 7) is 2.75. The van der Waals surface area contributed by atoms with Crippen LogP contribution in [0.2, 0.25) is 0 Å². The monoisotopic (exact) mass is 235 g/mol. The van der Waals surface area contributed by atoms with Crippen molar-refractivity contribution in [3.63, 3.8) is 0 Å². The highest BCUT2D eigenvalue weighted by Crippen LogP contribution is 2.08. The van der Waals surface area contributed by atoms with E-state index in [0.29, 0.717) is 13.2 Å². The summed E-state index contributed by atoms with van der Waals surface area (Å²) in [5, 5.41) is 2.69. The molecule has 1 N–H and O–H groups in total. The summed E-state index contributed by atoms with van der Waals surface area (Å²) >= 11 is 0. The molecule has 0 unspecified atom stereocenters. The van der Waals surface area contributed by atoms with Crippen LogP contribution in [0, 0.1) is 0 Å². The summed E-state index contributed by atoms with van der Waals surface area (Å²) in [7, 11) is 3.66. The second-order valence-corrected chi connectivity index (χ2v) is 3.70. The first-order valence-electron chi connectivity index (χ1n) is 5.71. The van der Waals surface area contributed by atoms with Gasteiger partial charge in [0.2, 0.25) is 0 Å². The van der Waals surface area contributed by atoms with Gasteiger partial charge in [-0.05, 0) is 30.4 Å². The molecule has 0 aromatic heterocycles. The van der Waals surface area contributed by atoms with Gasteiger partial charge in [0.05, 0.1) is 13.7 Å². The van der Waals surface area contributed by atoms with Gasteiger partial charge in [-0.1, -0.05) is 12.1 Å². The molecule has 0 bridgehead atoms. The van der Waals surface area contributed by atoms with Gasteiger partial charge in [0, 0.05) is 6.54 Å². The Hall–Kier alpha value is -1.65. The largest absolute Gasteiger partial charge is 0.497 e. The first kappa shape index (κ1) is 13.4. The van der Waals surface area contributed by atoms with E-state index < -0.39 is 0 Å². The van der Waals surface area contributed by atoms with Gasteiger partial charge in [0.25, 0.3) is 0 Å². The maximum absolute atomic E-state index is 11.0. The van der Waals surface area contributed by atoms with Crippen molar-refractivity contribution >= 4 is 19.4 Å². The average Bonchev–Trinajstić information content (AvgIpc) is 2.29. The van der Waals surface area contributed by atoms with Crippen molar-refractivity contribution < 1.29 is 14.3 Å². The smallest absolute Gasteiger partial charge is 0.407 e. The zero-order chi connectivity index (χ0) is 12.7. The van der Waals surface area contributed by atoms with Crippen LogP contribution in [-0.4, -0.2) is 34.2 Å². The Morgan fingerprint density at radius 1 is 1.47 bits per heavy atom. The Balaban J connectivity index is 2.42. The fourth-order valence-corrected chi connectivity index (χ4v) is 1.59. The Labute approximate surface area is 103 Å². The molecule has 5 heteroatoms. The Morgan fingerprint density at radius 2 is 2.24 bits per heavy atom. The molecule has 0 aliphatic carbocycles. The van der Waals surface area contributed by atoms with Gasteiger partial charge in [0.1, 0.15) is 13.6 Å². The highest BCUT2D eigenvalue weighted by Gasteiger charge is 2.02. The highest BCUT2D eigenvalue weighted by molar-refractivity contribution is 6.34. The number of hydrogen-bond donors (Lipinski definition) is 1. The molecule has 17 heavy (non-hydrogen) atoms. The lowest BCUT2D eigenvalue weighted by molar-refractivity contribution is 0.152. The van der Waals surface area contributed by atoms with Gasteiger partial charge in [-0.25, -0.2) is 4.79 Å². The number of methoxy groups -OCH3 is 1. The summed E-state index contributed by atoms with van der Waals surface area (Å²) < 4.78 is 9.95. The third-order valence-electron chi connectivity index (χ3n) is 2.42. The fourth-order valence-electron chi connectivity index (χ4n) is 1.59. The van der Waals surface area contributed by atoms with Crippen LogP contribution < -0.4 is 15.5 Å². The summed E-state index contributed by atoms with van der Waals surface area (Å²) in [6.07, 6.45) is 0.418. The number of ether oxygens (including phenoxy) is 2. The van der Waals surface area contributed by atoms with E-state index in [-0.39, 0.29) is 6.09 Å².